The van der Waals surface area contributed by atoms with E-state index >= 15 is 0 Å². The van der Waals surface area contributed by atoms with E-state index in [9.17, 15) is 33.1 Å². The van der Waals surface area contributed by atoms with E-state index in [0.29, 0.717) is 13.0 Å². The number of rotatable bonds is 55. The maximum atomic E-state index is 13.0. The van der Waals surface area contributed by atoms with Gasteiger partial charge in [-0.3, -0.25) is 9.35 Å². The molecule has 0 spiro atoms. The Morgan fingerprint density at radius 2 is 0.896 bits per heavy atom. The largest absolute Gasteiger partial charge is 0.457 e. The highest BCUT2D eigenvalue weighted by Gasteiger charge is 2.48. The molecule has 0 bridgehead atoms. The second-order valence-electron chi connectivity index (χ2n) is 21.3. The summed E-state index contributed by atoms with van der Waals surface area (Å²) in [6, 6.07) is 0. The van der Waals surface area contributed by atoms with Gasteiger partial charge in [-0.25, -0.2) is 4.18 Å². The number of esters is 1. The van der Waals surface area contributed by atoms with Crippen molar-refractivity contribution in [1.29, 1.82) is 0 Å². The molecule has 1 rings (SSSR count). The molecular formula is C64H114O12S. The van der Waals surface area contributed by atoms with Gasteiger partial charge in [0.05, 0.1) is 19.8 Å². The summed E-state index contributed by atoms with van der Waals surface area (Å²) in [5, 5.41) is 30.9. The molecule has 6 atom stereocenters. The van der Waals surface area contributed by atoms with Crippen molar-refractivity contribution in [1.82, 2.24) is 0 Å². The molecule has 1 saturated heterocycles. The summed E-state index contributed by atoms with van der Waals surface area (Å²) in [4.78, 5) is 13.0. The van der Waals surface area contributed by atoms with Crippen LogP contribution in [-0.4, -0.2) is 97.5 Å². The van der Waals surface area contributed by atoms with Crippen molar-refractivity contribution in [3.05, 3.63) is 72.9 Å². The topological polar surface area (TPSA) is 178 Å². The molecule has 1 fully saturated rings. The molecule has 0 saturated carbocycles. The maximum Gasteiger partial charge on any atom is 0.397 e. The highest BCUT2D eigenvalue weighted by Crippen LogP contribution is 2.26. The number of aliphatic hydroxyl groups is 3. The third-order valence-electron chi connectivity index (χ3n) is 14.1. The van der Waals surface area contributed by atoms with E-state index in [1.807, 2.05) is 0 Å². The Bertz CT molecular complexity index is 1610. The zero-order valence-electron chi connectivity index (χ0n) is 48.8. The number of hydrogen-bond acceptors (Lipinski definition) is 11. The van der Waals surface area contributed by atoms with Gasteiger partial charge >= 0.3 is 16.4 Å². The van der Waals surface area contributed by atoms with Crippen LogP contribution >= 0.6 is 0 Å². The lowest BCUT2D eigenvalue weighted by Gasteiger charge is -2.41. The first kappa shape index (κ1) is 72.6. The van der Waals surface area contributed by atoms with Crippen LogP contribution in [0.25, 0.3) is 0 Å². The molecule has 0 aromatic heterocycles. The van der Waals surface area contributed by atoms with E-state index in [0.717, 1.165) is 89.9 Å². The fourth-order valence-corrected chi connectivity index (χ4v) is 9.95. The van der Waals surface area contributed by atoms with E-state index in [-0.39, 0.29) is 19.6 Å². The highest BCUT2D eigenvalue weighted by molar-refractivity contribution is 7.80. The van der Waals surface area contributed by atoms with Crippen LogP contribution in [0.5, 0.6) is 0 Å². The standard InChI is InChI=1S/C64H114O12S/c1-3-5-7-9-11-13-15-17-19-21-23-25-27-29-30-32-34-36-38-40-42-44-46-48-50-52-54-72-56-58(57-73-64-62(68)63(76-77(69,70)71)61(67)59(55-65)75-64)74-60(66)53-51-49-47-45-43-41-39-37-35-33-31-28-26-24-22-20-18-16-14-12-10-8-6-4-2/h5,7,11,13,17,19,23,25,29-30,34,36,58-59,61-65,67-68H,3-4,6,8-10,12,14-16,18,20-22,24,26-28,31-33,35,37-57H2,1-2H3,(H,69,70,71)/b7-5-,13-11-,19-17-,25-23-,30-29-,36-34-. The first-order valence-electron chi connectivity index (χ1n) is 31.2. The molecule has 77 heavy (non-hydrogen) atoms. The van der Waals surface area contributed by atoms with Crippen molar-refractivity contribution < 1.29 is 56.2 Å². The minimum Gasteiger partial charge on any atom is -0.457 e. The van der Waals surface area contributed by atoms with Gasteiger partial charge in [-0.1, -0.05) is 267 Å². The molecule has 12 nitrogen and oxygen atoms in total. The Kier molecular flexibility index (Phi) is 51.0. The predicted octanol–water partition coefficient (Wildman–Crippen LogP) is 16.1. The lowest BCUT2D eigenvalue weighted by molar-refractivity contribution is -0.301. The second-order valence-corrected chi connectivity index (χ2v) is 22.3. The fourth-order valence-electron chi connectivity index (χ4n) is 9.44. The van der Waals surface area contributed by atoms with E-state index in [4.69, 9.17) is 18.9 Å². The fraction of sp³-hybridized carbons (Fsp3) is 0.797. The van der Waals surface area contributed by atoms with E-state index in [2.05, 4.69) is 90.9 Å². The Hall–Kier alpha value is -2.46. The number of carbonyl (C=O) groups is 1. The SMILES string of the molecule is CC/C=C\C/C=C\C/C=C\C/C=C\C/C=C\C/C=C\CCCCCCCCCOCC(COC1OC(CO)C(O)C(OS(=O)(=O)O)C1O)OC(=O)CCCCCCCCCCCCCCCCCCCCCCCCCC. The summed E-state index contributed by atoms with van der Waals surface area (Å²) >= 11 is 0. The predicted molar refractivity (Wildman–Crippen MR) is 317 cm³/mol. The van der Waals surface area contributed by atoms with Gasteiger partial charge in [-0.05, 0) is 64.2 Å². The molecule has 0 aliphatic carbocycles. The number of allylic oxidation sites excluding steroid dienone is 12. The van der Waals surface area contributed by atoms with Gasteiger partial charge < -0.3 is 34.3 Å². The number of carbonyl (C=O) groups excluding carboxylic acids is 1. The van der Waals surface area contributed by atoms with Crippen LogP contribution in [0.3, 0.4) is 0 Å². The van der Waals surface area contributed by atoms with E-state index < -0.39 is 59.8 Å². The minimum atomic E-state index is -5.07. The maximum absolute atomic E-state index is 13.0. The average molecular weight is 1110 g/mol. The Morgan fingerprint density at radius 1 is 0.506 bits per heavy atom. The van der Waals surface area contributed by atoms with Crippen LogP contribution in [0, 0.1) is 0 Å². The molecule has 0 aromatic rings. The lowest BCUT2D eigenvalue weighted by atomic mass is 9.99. The molecule has 448 valence electrons. The van der Waals surface area contributed by atoms with Gasteiger partial charge in [0.2, 0.25) is 0 Å². The molecule has 6 unspecified atom stereocenters. The summed E-state index contributed by atoms with van der Waals surface area (Å²) in [5.74, 6) is -0.400. The van der Waals surface area contributed by atoms with Crippen molar-refractivity contribution >= 4 is 16.4 Å². The number of unbranched alkanes of at least 4 members (excludes halogenated alkanes) is 30. The number of aliphatic hydroxyl groups excluding tert-OH is 3. The molecular weight excluding hydrogens is 993 g/mol. The number of hydrogen-bond donors (Lipinski definition) is 4. The first-order valence-corrected chi connectivity index (χ1v) is 32.6. The first-order chi connectivity index (χ1) is 37.6. The minimum absolute atomic E-state index is 0.0274. The third-order valence-corrected chi connectivity index (χ3v) is 14.6. The van der Waals surface area contributed by atoms with Gasteiger partial charge in [0.15, 0.2) is 6.29 Å². The Morgan fingerprint density at radius 3 is 1.31 bits per heavy atom. The second kappa shape index (κ2) is 54.1. The quantitative estimate of drug-likeness (QED) is 0.0196. The van der Waals surface area contributed by atoms with Gasteiger partial charge in [0.1, 0.15) is 30.5 Å². The van der Waals surface area contributed by atoms with Gasteiger partial charge in [0.25, 0.3) is 0 Å². The molecule has 0 amide bonds. The number of ether oxygens (including phenoxy) is 4. The van der Waals surface area contributed by atoms with Crippen molar-refractivity contribution in [2.24, 2.45) is 0 Å². The molecule has 13 heteroatoms. The zero-order chi connectivity index (χ0) is 56.0. The van der Waals surface area contributed by atoms with Crippen LogP contribution in [-0.2, 0) is 38.3 Å². The van der Waals surface area contributed by atoms with E-state index in [1.54, 1.807) is 0 Å². The van der Waals surface area contributed by atoms with Crippen LogP contribution < -0.4 is 0 Å². The van der Waals surface area contributed by atoms with E-state index in [1.165, 1.54) is 148 Å². The van der Waals surface area contributed by atoms with Crippen molar-refractivity contribution in [3.8, 4) is 0 Å². The van der Waals surface area contributed by atoms with Gasteiger partial charge in [-0.2, -0.15) is 8.42 Å². The Balaban J connectivity index is 2.27. The third kappa shape index (κ3) is 46.9. The molecule has 0 aromatic carbocycles. The van der Waals surface area contributed by atoms with Gasteiger partial charge in [0, 0.05) is 13.0 Å². The molecule has 0 radical (unpaired) electrons. The summed E-state index contributed by atoms with van der Waals surface area (Å²) < 4.78 is 59.5. The van der Waals surface area contributed by atoms with Gasteiger partial charge in [-0.15, -0.1) is 0 Å². The van der Waals surface area contributed by atoms with Crippen molar-refractivity contribution in [2.75, 3.05) is 26.4 Å². The summed E-state index contributed by atoms with van der Waals surface area (Å²) in [5.41, 5.74) is 0. The normalized spacial score (nSPS) is 19.0. The monoisotopic (exact) mass is 1110 g/mol. The summed E-state index contributed by atoms with van der Waals surface area (Å²) in [6.07, 6.45) is 63.7. The molecule has 1 heterocycles. The van der Waals surface area contributed by atoms with Crippen LogP contribution in [0.4, 0.5) is 0 Å². The van der Waals surface area contributed by atoms with Crippen LogP contribution in [0.2, 0.25) is 0 Å². The summed E-state index contributed by atoms with van der Waals surface area (Å²) in [7, 11) is -5.07. The summed E-state index contributed by atoms with van der Waals surface area (Å²) in [6.45, 7) is 3.90. The lowest BCUT2D eigenvalue weighted by Crippen LogP contribution is -2.60. The average Bonchev–Trinajstić information content (AvgIpc) is 3.42. The van der Waals surface area contributed by atoms with Crippen LogP contribution in [0.15, 0.2) is 72.9 Å². The Labute approximate surface area is 471 Å². The highest BCUT2D eigenvalue weighted by atomic mass is 32.3. The molecule has 4 N–H and O–H groups in total. The van der Waals surface area contributed by atoms with Crippen molar-refractivity contribution in [3.63, 3.8) is 0 Å². The van der Waals surface area contributed by atoms with Crippen LogP contribution in [0.1, 0.15) is 264 Å². The molecule has 1 aliphatic heterocycles. The smallest absolute Gasteiger partial charge is 0.397 e. The van der Waals surface area contributed by atoms with Crippen molar-refractivity contribution in [2.45, 2.75) is 301 Å². The zero-order valence-corrected chi connectivity index (χ0v) is 49.6. The molecule has 1 aliphatic rings.